The number of esters is 1. The highest BCUT2D eigenvalue weighted by atomic mass is 16.5. The minimum absolute atomic E-state index is 0.0697. The number of hydrogen-bond donors (Lipinski definition) is 3. The Bertz CT molecular complexity index is 656. The van der Waals surface area contributed by atoms with E-state index in [1.807, 2.05) is 38.1 Å². The first kappa shape index (κ1) is 16.0. The van der Waals surface area contributed by atoms with Gasteiger partial charge in [0.1, 0.15) is 11.4 Å². The summed E-state index contributed by atoms with van der Waals surface area (Å²) in [6, 6.07) is 7.53. The summed E-state index contributed by atoms with van der Waals surface area (Å²) in [4.78, 5) is 19.7. The number of imidazole rings is 1. The van der Waals surface area contributed by atoms with Crippen molar-refractivity contribution in [2.24, 2.45) is 0 Å². The number of para-hydroxylation sites is 2. The zero-order valence-corrected chi connectivity index (χ0v) is 13.0. The third-order valence-electron chi connectivity index (χ3n) is 3.14. The van der Waals surface area contributed by atoms with Crippen molar-refractivity contribution in [2.75, 3.05) is 13.2 Å². The summed E-state index contributed by atoms with van der Waals surface area (Å²) in [5, 5.41) is 12.3. The van der Waals surface area contributed by atoms with Crippen molar-refractivity contribution in [3.8, 4) is 0 Å². The lowest BCUT2D eigenvalue weighted by atomic mass is 10.1. The van der Waals surface area contributed by atoms with Crippen LogP contribution >= 0.6 is 0 Å². The normalized spacial score (nSPS) is 12.5. The fraction of sp³-hybridized carbons (Fsp3) is 0.375. The van der Waals surface area contributed by atoms with Gasteiger partial charge in [-0.2, -0.15) is 0 Å². The zero-order valence-electron chi connectivity index (χ0n) is 13.0. The molecular weight excluding hydrogens is 282 g/mol. The largest absolute Gasteiger partial charge is 0.462 e. The molecule has 0 amide bonds. The number of rotatable bonds is 6. The number of aromatic amines is 1. The quantitative estimate of drug-likeness (QED) is 0.560. The molecule has 0 unspecified atom stereocenters. The first-order valence-electron chi connectivity index (χ1n) is 7.18. The first-order chi connectivity index (χ1) is 10.5. The molecule has 0 aliphatic rings. The van der Waals surface area contributed by atoms with Crippen molar-refractivity contribution in [3.63, 3.8) is 0 Å². The second-order valence-electron chi connectivity index (χ2n) is 5.57. The van der Waals surface area contributed by atoms with E-state index in [1.165, 1.54) is 6.20 Å². The Kier molecular flexibility index (Phi) is 4.82. The van der Waals surface area contributed by atoms with Crippen LogP contribution in [0, 0.1) is 0 Å². The molecule has 0 spiro atoms. The minimum atomic E-state index is -0.552. The van der Waals surface area contributed by atoms with Gasteiger partial charge in [0.2, 0.25) is 0 Å². The molecule has 118 valence electrons. The lowest BCUT2D eigenvalue weighted by molar-refractivity contribution is -0.136. The van der Waals surface area contributed by atoms with Crippen LogP contribution in [-0.4, -0.2) is 39.8 Å². The lowest BCUT2D eigenvalue weighted by Crippen LogP contribution is -2.39. The Hall–Kier alpha value is -2.34. The van der Waals surface area contributed by atoms with Crippen molar-refractivity contribution in [1.29, 1.82) is 0 Å². The summed E-state index contributed by atoms with van der Waals surface area (Å²) in [7, 11) is 0. The van der Waals surface area contributed by atoms with E-state index in [-0.39, 0.29) is 13.2 Å². The Balaban J connectivity index is 2.39. The number of aliphatic hydroxyl groups is 1. The summed E-state index contributed by atoms with van der Waals surface area (Å²) < 4.78 is 5.08. The molecule has 2 aromatic rings. The highest BCUT2D eigenvalue weighted by Gasteiger charge is 2.20. The van der Waals surface area contributed by atoms with Gasteiger partial charge in [-0.05, 0) is 32.9 Å². The van der Waals surface area contributed by atoms with E-state index in [0.29, 0.717) is 11.4 Å². The van der Waals surface area contributed by atoms with E-state index in [1.54, 1.807) is 6.92 Å². The second-order valence-corrected chi connectivity index (χ2v) is 5.57. The maximum atomic E-state index is 12.2. The molecule has 0 saturated carbocycles. The van der Waals surface area contributed by atoms with Crippen LogP contribution in [0.15, 0.2) is 30.5 Å². The van der Waals surface area contributed by atoms with E-state index >= 15 is 0 Å². The molecule has 0 aliphatic carbocycles. The number of nitrogens with zero attached hydrogens (tertiary/aromatic N) is 1. The van der Waals surface area contributed by atoms with Crippen molar-refractivity contribution in [2.45, 2.75) is 26.3 Å². The summed E-state index contributed by atoms with van der Waals surface area (Å²) in [6.45, 7) is 5.61. The number of carbonyl (C=O) groups excluding carboxylic acids is 1. The highest BCUT2D eigenvalue weighted by Crippen LogP contribution is 2.18. The van der Waals surface area contributed by atoms with Crippen molar-refractivity contribution in [3.05, 3.63) is 36.3 Å². The molecule has 3 N–H and O–H groups in total. The predicted molar refractivity (Wildman–Crippen MR) is 85.0 cm³/mol. The van der Waals surface area contributed by atoms with Crippen LogP contribution in [0.2, 0.25) is 0 Å². The SMILES string of the molecule is CCOC(=O)/C(=C/NC(C)(C)CO)c1nc2ccccc2[nH]1. The Morgan fingerprint density at radius 2 is 2.18 bits per heavy atom. The molecule has 0 fully saturated rings. The molecule has 2 rings (SSSR count). The third-order valence-corrected chi connectivity index (χ3v) is 3.14. The maximum absolute atomic E-state index is 12.2. The van der Waals surface area contributed by atoms with E-state index in [9.17, 15) is 9.90 Å². The zero-order chi connectivity index (χ0) is 16.2. The highest BCUT2D eigenvalue weighted by molar-refractivity contribution is 6.15. The van der Waals surface area contributed by atoms with E-state index in [2.05, 4.69) is 15.3 Å². The number of hydrogen-bond acceptors (Lipinski definition) is 5. The lowest BCUT2D eigenvalue weighted by Gasteiger charge is -2.22. The third kappa shape index (κ3) is 3.65. The first-order valence-corrected chi connectivity index (χ1v) is 7.18. The smallest absolute Gasteiger partial charge is 0.343 e. The molecule has 1 heterocycles. The van der Waals surface area contributed by atoms with Gasteiger partial charge in [-0.25, -0.2) is 9.78 Å². The Morgan fingerprint density at radius 3 is 2.82 bits per heavy atom. The molecule has 0 saturated heterocycles. The minimum Gasteiger partial charge on any atom is -0.462 e. The van der Waals surface area contributed by atoms with Gasteiger partial charge in [0, 0.05) is 6.20 Å². The number of ether oxygens (including phenoxy) is 1. The number of aliphatic hydroxyl groups excluding tert-OH is 1. The number of benzene rings is 1. The number of nitrogens with one attached hydrogen (secondary N) is 2. The topological polar surface area (TPSA) is 87.2 Å². The van der Waals surface area contributed by atoms with Crippen LogP contribution < -0.4 is 5.32 Å². The van der Waals surface area contributed by atoms with Gasteiger partial charge >= 0.3 is 5.97 Å². The molecule has 22 heavy (non-hydrogen) atoms. The van der Waals surface area contributed by atoms with Crippen LogP contribution in [0.25, 0.3) is 16.6 Å². The van der Waals surface area contributed by atoms with Crippen LogP contribution in [0.3, 0.4) is 0 Å². The van der Waals surface area contributed by atoms with Gasteiger partial charge in [-0.1, -0.05) is 12.1 Å². The molecule has 1 aromatic carbocycles. The van der Waals surface area contributed by atoms with Gasteiger partial charge in [0.25, 0.3) is 0 Å². The van der Waals surface area contributed by atoms with E-state index in [4.69, 9.17) is 4.74 Å². The monoisotopic (exact) mass is 303 g/mol. The second kappa shape index (κ2) is 6.62. The van der Waals surface area contributed by atoms with Crippen LogP contribution in [0.1, 0.15) is 26.6 Å². The van der Waals surface area contributed by atoms with Crippen molar-refractivity contribution < 1.29 is 14.6 Å². The van der Waals surface area contributed by atoms with E-state index < -0.39 is 11.5 Å². The number of carbonyl (C=O) groups is 1. The van der Waals surface area contributed by atoms with Gasteiger partial charge in [-0.3, -0.25) is 0 Å². The summed E-state index contributed by atoms with van der Waals surface area (Å²) >= 11 is 0. The molecule has 6 nitrogen and oxygen atoms in total. The van der Waals surface area contributed by atoms with Crippen molar-refractivity contribution >= 4 is 22.6 Å². The number of aromatic nitrogens is 2. The summed E-state index contributed by atoms with van der Waals surface area (Å²) in [5.41, 5.74) is 1.35. The van der Waals surface area contributed by atoms with Crippen LogP contribution in [0.4, 0.5) is 0 Å². The van der Waals surface area contributed by atoms with Crippen LogP contribution in [0.5, 0.6) is 0 Å². The summed E-state index contributed by atoms with van der Waals surface area (Å²) in [5.74, 6) is -0.0383. The van der Waals surface area contributed by atoms with Crippen LogP contribution in [-0.2, 0) is 9.53 Å². The molecule has 0 atom stereocenters. The molecule has 1 aromatic heterocycles. The standard InChI is InChI=1S/C16H21N3O3/c1-4-22-15(21)11(9-17-16(2,3)10-20)14-18-12-7-5-6-8-13(12)19-14/h5-9,17,20H,4,10H2,1-3H3,(H,18,19)/b11-9+. The van der Waals surface area contributed by atoms with Crippen molar-refractivity contribution in [1.82, 2.24) is 15.3 Å². The van der Waals surface area contributed by atoms with Gasteiger partial charge in [0.15, 0.2) is 0 Å². The Morgan fingerprint density at radius 1 is 1.45 bits per heavy atom. The predicted octanol–water partition coefficient (Wildman–Crippen LogP) is 1.83. The van der Waals surface area contributed by atoms with E-state index in [0.717, 1.165) is 11.0 Å². The molecule has 0 aliphatic heterocycles. The van der Waals surface area contributed by atoms with Gasteiger partial charge < -0.3 is 20.1 Å². The molecule has 0 bridgehead atoms. The number of H-pyrrole nitrogens is 1. The average Bonchev–Trinajstić information content (AvgIpc) is 2.91. The van der Waals surface area contributed by atoms with Gasteiger partial charge in [0.05, 0.1) is 29.8 Å². The maximum Gasteiger partial charge on any atom is 0.343 e. The molecule has 6 heteroatoms. The number of fused-ring (bicyclic) bond motifs is 1. The fourth-order valence-electron chi connectivity index (χ4n) is 1.83. The molecule has 0 radical (unpaired) electrons. The summed E-state index contributed by atoms with van der Waals surface area (Å²) in [6.07, 6.45) is 1.53. The fourth-order valence-corrected chi connectivity index (χ4v) is 1.83. The van der Waals surface area contributed by atoms with Gasteiger partial charge in [-0.15, -0.1) is 0 Å². The average molecular weight is 303 g/mol. The molecular formula is C16H21N3O3. The Labute approximate surface area is 129 Å².